The number of rotatable bonds is 6. The van der Waals surface area contributed by atoms with Gasteiger partial charge < -0.3 is 20.9 Å². The highest BCUT2D eigenvalue weighted by molar-refractivity contribution is 5.80. The second-order valence-corrected chi connectivity index (χ2v) is 6.71. The lowest BCUT2D eigenvalue weighted by atomic mass is 9.95. The number of aromatic nitrogens is 1. The SMILES string of the molecule is CCNC(=NCc1ccnc(N(C)C)c1)N1CCCC(CC(N)=O)C1. The number of likely N-dealkylation sites (tertiary alicyclic amines) is 1. The van der Waals surface area contributed by atoms with Crippen LogP contribution in [0.1, 0.15) is 31.7 Å². The van der Waals surface area contributed by atoms with Gasteiger partial charge in [0.15, 0.2) is 5.96 Å². The Balaban J connectivity index is 2.07. The molecule has 1 amide bonds. The van der Waals surface area contributed by atoms with Gasteiger partial charge in [0.2, 0.25) is 5.91 Å². The number of pyridine rings is 1. The van der Waals surface area contributed by atoms with Crippen LogP contribution in [0.2, 0.25) is 0 Å². The molecule has 1 aromatic rings. The molecule has 0 aliphatic carbocycles. The largest absolute Gasteiger partial charge is 0.370 e. The lowest BCUT2D eigenvalue weighted by molar-refractivity contribution is -0.119. The van der Waals surface area contributed by atoms with E-state index in [1.807, 2.05) is 31.3 Å². The Bertz CT molecular complexity index is 601. The van der Waals surface area contributed by atoms with Crippen LogP contribution in [0.5, 0.6) is 0 Å². The van der Waals surface area contributed by atoms with E-state index >= 15 is 0 Å². The second-order valence-electron chi connectivity index (χ2n) is 6.71. The second kappa shape index (κ2) is 9.25. The van der Waals surface area contributed by atoms with E-state index < -0.39 is 0 Å². The Hall–Kier alpha value is -2.31. The molecule has 0 radical (unpaired) electrons. The predicted molar refractivity (Wildman–Crippen MR) is 101 cm³/mol. The summed E-state index contributed by atoms with van der Waals surface area (Å²) in [6.07, 6.45) is 4.38. The van der Waals surface area contributed by atoms with Gasteiger partial charge in [0, 0.05) is 46.3 Å². The van der Waals surface area contributed by atoms with Gasteiger partial charge in [0.05, 0.1) is 6.54 Å². The molecule has 7 heteroatoms. The summed E-state index contributed by atoms with van der Waals surface area (Å²) < 4.78 is 0. The smallest absolute Gasteiger partial charge is 0.217 e. The van der Waals surface area contributed by atoms with Crippen molar-refractivity contribution in [1.82, 2.24) is 15.2 Å². The lowest BCUT2D eigenvalue weighted by Gasteiger charge is -2.34. The van der Waals surface area contributed by atoms with E-state index in [4.69, 9.17) is 10.7 Å². The van der Waals surface area contributed by atoms with E-state index in [0.29, 0.717) is 18.9 Å². The number of amides is 1. The Labute approximate surface area is 150 Å². The summed E-state index contributed by atoms with van der Waals surface area (Å²) in [5, 5.41) is 3.37. The molecule has 25 heavy (non-hydrogen) atoms. The molecule has 1 unspecified atom stereocenters. The van der Waals surface area contributed by atoms with Crippen LogP contribution in [0.3, 0.4) is 0 Å². The Morgan fingerprint density at radius 3 is 3.00 bits per heavy atom. The van der Waals surface area contributed by atoms with E-state index in [9.17, 15) is 4.79 Å². The monoisotopic (exact) mass is 346 g/mol. The van der Waals surface area contributed by atoms with Crippen molar-refractivity contribution in [3.63, 3.8) is 0 Å². The van der Waals surface area contributed by atoms with Crippen LogP contribution in [0, 0.1) is 5.92 Å². The van der Waals surface area contributed by atoms with Crippen molar-refractivity contribution in [1.29, 1.82) is 0 Å². The number of hydrogen-bond donors (Lipinski definition) is 2. The zero-order chi connectivity index (χ0) is 18.2. The fourth-order valence-electron chi connectivity index (χ4n) is 3.10. The fourth-order valence-corrected chi connectivity index (χ4v) is 3.10. The van der Waals surface area contributed by atoms with Crippen molar-refractivity contribution in [2.75, 3.05) is 38.6 Å². The first-order chi connectivity index (χ1) is 12.0. The number of carbonyl (C=O) groups is 1. The molecule has 2 heterocycles. The average molecular weight is 346 g/mol. The molecule has 2 rings (SSSR count). The zero-order valence-corrected chi connectivity index (χ0v) is 15.5. The molecule has 0 saturated carbocycles. The maximum absolute atomic E-state index is 11.2. The van der Waals surface area contributed by atoms with Gasteiger partial charge in [-0.2, -0.15) is 0 Å². The third-order valence-corrected chi connectivity index (χ3v) is 4.32. The van der Waals surface area contributed by atoms with Gasteiger partial charge in [-0.3, -0.25) is 4.79 Å². The third kappa shape index (κ3) is 5.92. The van der Waals surface area contributed by atoms with Crippen LogP contribution in [-0.4, -0.2) is 55.5 Å². The Kier molecular flexibility index (Phi) is 7.03. The van der Waals surface area contributed by atoms with Crippen LogP contribution < -0.4 is 16.0 Å². The van der Waals surface area contributed by atoms with Crippen molar-refractivity contribution < 1.29 is 4.79 Å². The number of carbonyl (C=O) groups excluding carboxylic acids is 1. The number of nitrogens with zero attached hydrogens (tertiary/aromatic N) is 4. The van der Waals surface area contributed by atoms with Crippen molar-refractivity contribution in [2.24, 2.45) is 16.6 Å². The van der Waals surface area contributed by atoms with E-state index in [-0.39, 0.29) is 5.91 Å². The normalized spacial score (nSPS) is 18.1. The first-order valence-electron chi connectivity index (χ1n) is 8.93. The number of primary amides is 1. The summed E-state index contributed by atoms with van der Waals surface area (Å²) >= 11 is 0. The summed E-state index contributed by atoms with van der Waals surface area (Å²) in [4.78, 5) is 24.6. The molecular weight excluding hydrogens is 316 g/mol. The minimum Gasteiger partial charge on any atom is -0.370 e. The third-order valence-electron chi connectivity index (χ3n) is 4.32. The maximum atomic E-state index is 11.2. The predicted octanol–water partition coefficient (Wildman–Crippen LogP) is 1.20. The number of anilines is 1. The highest BCUT2D eigenvalue weighted by Crippen LogP contribution is 2.19. The van der Waals surface area contributed by atoms with Gasteiger partial charge in [-0.1, -0.05) is 0 Å². The fraction of sp³-hybridized carbons (Fsp3) is 0.611. The summed E-state index contributed by atoms with van der Waals surface area (Å²) in [6, 6.07) is 4.05. The molecule has 1 saturated heterocycles. The molecule has 1 aromatic heterocycles. The lowest BCUT2D eigenvalue weighted by Crippen LogP contribution is -2.47. The molecule has 3 N–H and O–H groups in total. The topological polar surface area (TPSA) is 86.8 Å². The van der Waals surface area contributed by atoms with Gasteiger partial charge in [-0.15, -0.1) is 0 Å². The van der Waals surface area contributed by atoms with Crippen LogP contribution in [-0.2, 0) is 11.3 Å². The van der Waals surface area contributed by atoms with Crippen molar-refractivity contribution in [3.05, 3.63) is 23.9 Å². The van der Waals surface area contributed by atoms with Gasteiger partial charge in [-0.25, -0.2) is 9.98 Å². The summed E-state index contributed by atoms with van der Waals surface area (Å²) in [6.45, 7) is 5.27. The molecule has 0 spiro atoms. The highest BCUT2D eigenvalue weighted by Gasteiger charge is 2.23. The number of piperidine rings is 1. The number of hydrogen-bond acceptors (Lipinski definition) is 4. The zero-order valence-electron chi connectivity index (χ0n) is 15.5. The van der Waals surface area contributed by atoms with E-state index in [1.165, 1.54) is 0 Å². The minimum atomic E-state index is -0.221. The minimum absolute atomic E-state index is 0.221. The van der Waals surface area contributed by atoms with Gasteiger partial charge in [-0.05, 0) is 43.4 Å². The summed E-state index contributed by atoms with van der Waals surface area (Å²) in [5.74, 6) is 1.93. The van der Waals surface area contributed by atoms with Gasteiger partial charge in [0.25, 0.3) is 0 Å². The molecule has 138 valence electrons. The molecule has 0 aromatic carbocycles. The van der Waals surface area contributed by atoms with Crippen LogP contribution >= 0.6 is 0 Å². The number of nitrogens with two attached hydrogens (primary N) is 1. The van der Waals surface area contributed by atoms with Crippen LogP contribution in [0.4, 0.5) is 5.82 Å². The molecule has 0 bridgehead atoms. The highest BCUT2D eigenvalue weighted by atomic mass is 16.1. The van der Waals surface area contributed by atoms with Crippen molar-refractivity contribution in [3.8, 4) is 0 Å². The first kappa shape index (κ1) is 19.0. The maximum Gasteiger partial charge on any atom is 0.217 e. The molecular formula is C18H30N6O. The van der Waals surface area contributed by atoms with E-state index in [2.05, 4.69) is 28.2 Å². The molecule has 1 aliphatic heterocycles. The first-order valence-corrected chi connectivity index (χ1v) is 8.93. The number of nitrogens with one attached hydrogen (secondary N) is 1. The Morgan fingerprint density at radius 2 is 2.32 bits per heavy atom. The Morgan fingerprint density at radius 1 is 1.52 bits per heavy atom. The molecule has 7 nitrogen and oxygen atoms in total. The summed E-state index contributed by atoms with van der Waals surface area (Å²) in [7, 11) is 3.96. The van der Waals surface area contributed by atoms with Gasteiger partial charge >= 0.3 is 0 Å². The van der Waals surface area contributed by atoms with Crippen LogP contribution in [0.25, 0.3) is 0 Å². The standard InChI is InChI=1S/C18H30N6O/c1-4-20-18(24-9-5-6-15(13-24)10-16(19)25)22-12-14-7-8-21-17(11-14)23(2)3/h7-8,11,15H,4-6,9-10,12-13H2,1-3H3,(H2,19,25)(H,20,22). The molecule has 1 atom stereocenters. The quantitative estimate of drug-likeness (QED) is 0.597. The molecule has 1 aliphatic rings. The van der Waals surface area contributed by atoms with Crippen molar-refractivity contribution >= 4 is 17.7 Å². The van der Waals surface area contributed by atoms with E-state index in [1.54, 1.807) is 0 Å². The molecule has 1 fully saturated rings. The van der Waals surface area contributed by atoms with Gasteiger partial charge in [0.1, 0.15) is 5.82 Å². The van der Waals surface area contributed by atoms with Crippen LogP contribution in [0.15, 0.2) is 23.3 Å². The number of aliphatic imine (C=N–C) groups is 1. The van der Waals surface area contributed by atoms with E-state index in [0.717, 1.165) is 49.8 Å². The summed E-state index contributed by atoms with van der Waals surface area (Å²) in [5.41, 5.74) is 6.49. The van der Waals surface area contributed by atoms with Crippen molar-refractivity contribution in [2.45, 2.75) is 32.7 Å². The number of guanidine groups is 1. The average Bonchev–Trinajstić information content (AvgIpc) is 2.58.